The highest BCUT2D eigenvalue weighted by Gasteiger charge is 2.36. The van der Waals surface area contributed by atoms with Crippen LogP contribution in [0.15, 0.2) is 30.3 Å². The molecule has 1 aromatic carbocycles. The van der Waals surface area contributed by atoms with Crippen LogP contribution in [0.4, 0.5) is 0 Å². The zero-order valence-corrected chi connectivity index (χ0v) is 8.74. The lowest BCUT2D eigenvalue weighted by Crippen LogP contribution is -2.39. The minimum absolute atomic E-state index is 0.0144. The fraction of sp³-hybridized carbons (Fsp3) is 0.538. The van der Waals surface area contributed by atoms with E-state index >= 15 is 0 Å². The first-order valence-corrected chi connectivity index (χ1v) is 5.47. The molecule has 1 nitrogen and oxygen atoms in total. The summed E-state index contributed by atoms with van der Waals surface area (Å²) >= 11 is 0. The molecule has 0 heterocycles. The van der Waals surface area contributed by atoms with Gasteiger partial charge < -0.3 is 5.11 Å². The average Bonchev–Trinajstić information content (AvgIpc) is 2.24. The second-order valence-corrected chi connectivity index (χ2v) is 4.55. The van der Waals surface area contributed by atoms with Gasteiger partial charge in [0, 0.05) is 5.41 Å². The molecule has 2 rings (SSSR count). The highest BCUT2D eigenvalue weighted by atomic mass is 16.3. The van der Waals surface area contributed by atoms with Gasteiger partial charge in [-0.3, -0.25) is 0 Å². The van der Waals surface area contributed by atoms with Gasteiger partial charge in [-0.05, 0) is 18.4 Å². The van der Waals surface area contributed by atoms with Gasteiger partial charge in [-0.15, -0.1) is 0 Å². The number of aliphatic hydroxyl groups is 1. The highest BCUT2D eigenvalue weighted by molar-refractivity contribution is 5.26. The lowest BCUT2D eigenvalue weighted by molar-refractivity contribution is 0.0521. The van der Waals surface area contributed by atoms with Crippen LogP contribution in [0.1, 0.15) is 38.2 Å². The third-order valence-corrected chi connectivity index (χ3v) is 3.59. The molecular formula is C13H18O. The Morgan fingerprint density at radius 1 is 1.21 bits per heavy atom. The predicted molar refractivity (Wildman–Crippen MR) is 58.3 cm³/mol. The van der Waals surface area contributed by atoms with Crippen molar-refractivity contribution in [3.8, 4) is 0 Å². The average molecular weight is 190 g/mol. The Morgan fingerprint density at radius 3 is 2.57 bits per heavy atom. The van der Waals surface area contributed by atoms with Crippen molar-refractivity contribution in [2.75, 3.05) is 0 Å². The van der Waals surface area contributed by atoms with Crippen molar-refractivity contribution < 1.29 is 5.11 Å². The first-order valence-electron chi connectivity index (χ1n) is 5.47. The first-order chi connectivity index (χ1) is 6.73. The lowest BCUT2D eigenvalue weighted by atomic mass is 9.69. The Hall–Kier alpha value is -0.820. The summed E-state index contributed by atoms with van der Waals surface area (Å²) in [5.41, 5.74) is 1.27. The van der Waals surface area contributed by atoms with Crippen LogP contribution in [0, 0.1) is 0 Å². The van der Waals surface area contributed by atoms with Crippen molar-refractivity contribution in [2.24, 2.45) is 0 Å². The summed E-state index contributed by atoms with van der Waals surface area (Å²) in [5, 5.41) is 10.1. The highest BCUT2D eigenvalue weighted by Crippen LogP contribution is 2.38. The van der Waals surface area contributed by atoms with E-state index < -0.39 is 0 Å². The molecule has 0 aliphatic heterocycles. The van der Waals surface area contributed by atoms with Crippen LogP contribution in [-0.4, -0.2) is 11.2 Å². The van der Waals surface area contributed by atoms with Crippen LogP contribution in [0.5, 0.6) is 0 Å². The summed E-state index contributed by atoms with van der Waals surface area (Å²) < 4.78 is 0. The second-order valence-electron chi connectivity index (χ2n) is 4.55. The summed E-state index contributed by atoms with van der Waals surface area (Å²) in [4.78, 5) is 0. The molecule has 0 radical (unpaired) electrons. The van der Waals surface area contributed by atoms with Gasteiger partial charge in [0.05, 0.1) is 6.10 Å². The number of hydrogen-bond donors (Lipinski definition) is 1. The third kappa shape index (κ3) is 1.57. The SMILES string of the molecule is C[C@@]1(c2ccccc2)CCCCC1O. The summed E-state index contributed by atoms with van der Waals surface area (Å²) in [6, 6.07) is 10.4. The summed E-state index contributed by atoms with van der Waals surface area (Å²) in [6.07, 6.45) is 4.30. The summed E-state index contributed by atoms with van der Waals surface area (Å²) in [7, 11) is 0. The standard InChI is InChI=1S/C13H18O/c1-13(10-6-5-9-12(13)14)11-7-3-2-4-8-11/h2-4,7-8,12,14H,5-6,9-10H2,1H3/t12?,13-/m0/s1. The Balaban J connectivity index is 2.30. The van der Waals surface area contributed by atoms with E-state index in [1.807, 2.05) is 6.07 Å². The van der Waals surface area contributed by atoms with Gasteiger partial charge in [0.1, 0.15) is 0 Å². The van der Waals surface area contributed by atoms with Crippen molar-refractivity contribution >= 4 is 0 Å². The molecule has 1 heteroatoms. The van der Waals surface area contributed by atoms with Gasteiger partial charge in [-0.2, -0.15) is 0 Å². The van der Waals surface area contributed by atoms with Crippen LogP contribution in [0.3, 0.4) is 0 Å². The smallest absolute Gasteiger partial charge is 0.0634 e. The minimum Gasteiger partial charge on any atom is -0.392 e. The minimum atomic E-state index is -0.168. The molecule has 2 atom stereocenters. The van der Waals surface area contributed by atoms with Gasteiger partial charge in [0.15, 0.2) is 0 Å². The molecule has 1 aliphatic rings. The molecule has 0 saturated heterocycles. The molecular weight excluding hydrogens is 172 g/mol. The number of rotatable bonds is 1. The molecule has 1 fully saturated rings. The van der Waals surface area contributed by atoms with E-state index in [2.05, 4.69) is 31.2 Å². The molecule has 1 saturated carbocycles. The quantitative estimate of drug-likeness (QED) is 0.722. The van der Waals surface area contributed by atoms with Crippen LogP contribution < -0.4 is 0 Å². The molecule has 0 bridgehead atoms. The van der Waals surface area contributed by atoms with Crippen LogP contribution in [0.2, 0.25) is 0 Å². The summed E-state index contributed by atoms with van der Waals surface area (Å²) in [6.45, 7) is 2.19. The van der Waals surface area contributed by atoms with Crippen molar-refractivity contribution in [2.45, 2.75) is 44.1 Å². The third-order valence-electron chi connectivity index (χ3n) is 3.59. The Morgan fingerprint density at radius 2 is 1.93 bits per heavy atom. The fourth-order valence-electron chi connectivity index (χ4n) is 2.47. The fourth-order valence-corrected chi connectivity index (χ4v) is 2.47. The van der Waals surface area contributed by atoms with E-state index in [1.165, 1.54) is 18.4 Å². The van der Waals surface area contributed by atoms with E-state index in [0.717, 1.165) is 12.8 Å². The normalized spacial score (nSPS) is 32.9. The first kappa shape index (κ1) is 9.72. The van der Waals surface area contributed by atoms with Crippen molar-refractivity contribution in [3.05, 3.63) is 35.9 Å². The van der Waals surface area contributed by atoms with E-state index in [-0.39, 0.29) is 11.5 Å². The van der Waals surface area contributed by atoms with Crippen LogP contribution in [-0.2, 0) is 5.41 Å². The van der Waals surface area contributed by atoms with E-state index in [0.29, 0.717) is 0 Å². The largest absolute Gasteiger partial charge is 0.392 e. The lowest BCUT2D eigenvalue weighted by Gasteiger charge is -2.39. The monoisotopic (exact) mass is 190 g/mol. The van der Waals surface area contributed by atoms with Crippen molar-refractivity contribution in [1.82, 2.24) is 0 Å². The molecule has 14 heavy (non-hydrogen) atoms. The van der Waals surface area contributed by atoms with E-state index in [4.69, 9.17) is 0 Å². The number of hydrogen-bond acceptors (Lipinski definition) is 1. The molecule has 0 aromatic heterocycles. The Kier molecular flexibility index (Phi) is 2.60. The van der Waals surface area contributed by atoms with Gasteiger partial charge in [-0.1, -0.05) is 50.1 Å². The van der Waals surface area contributed by atoms with E-state index in [1.54, 1.807) is 0 Å². The van der Waals surface area contributed by atoms with Crippen molar-refractivity contribution in [1.29, 1.82) is 0 Å². The van der Waals surface area contributed by atoms with Crippen LogP contribution in [0.25, 0.3) is 0 Å². The zero-order chi connectivity index (χ0) is 10.0. The topological polar surface area (TPSA) is 20.2 Å². The number of benzene rings is 1. The molecule has 76 valence electrons. The van der Waals surface area contributed by atoms with Crippen LogP contribution >= 0.6 is 0 Å². The Bertz CT molecular complexity index is 293. The molecule has 0 amide bonds. The Labute approximate surface area is 85.8 Å². The molecule has 1 unspecified atom stereocenters. The molecule has 1 N–H and O–H groups in total. The summed E-state index contributed by atoms with van der Waals surface area (Å²) in [5.74, 6) is 0. The second kappa shape index (κ2) is 3.74. The molecule has 1 aliphatic carbocycles. The maximum atomic E-state index is 10.1. The zero-order valence-electron chi connectivity index (χ0n) is 8.74. The van der Waals surface area contributed by atoms with E-state index in [9.17, 15) is 5.11 Å². The maximum absolute atomic E-state index is 10.1. The molecule has 0 spiro atoms. The van der Waals surface area contributed by atoms with Gasteiger partial charge in [-0.25, -0.2) is 0 Å². The number of aliphatic hydroxyl groups excluding tert-OH is 1. The predicted octanol–water partition coefficient (Wildman–Crippen LogP) is 2.88. The van der Waals surface area contributed by atoms with Gasteiger partial charge in [0.2, 0.25) is 0 Å². The van der Waals surface area contributed by atoms with Gasteiger partial charge in [0.25, 0.3) is 0 Å². The molecule has 1 aromatic rings. The van der Waals surface area contributed by atoms with Gasteiger partial charge >= 0.3 is 0 Å². The maximum Gasteiger partial charge on any atom is 0.0634 e. The van der Waals surface area contributed by atoms with Crippen molar-refractivity contribution in [3.63, 3.8) is 0 Å².